The van der Waals surface area contributed by atoms with Crippen LogP contribution in [0.1, 0.15) is 53.9 Å². The van der Waals surface area contributed by atoms with Crippen LogP contribution < -0.4 is 10.3 Å². The Labute approximate surface area is 181 Å². The molecular formula is C26H25FN2O2. The minimum Gasteiger partial charge on any atom is -0.487 e. The van der Waals surface area contributed by atoms with E-state index in [1.807, 2.05) is 38.1 Å². The van der Waals surface area contributed by atoms with E-state index < -0.39 is 5.82 Å². The molecule has 0 N–H and O–H groups in total. The highest BCUT2D eigenvalue weighted by Gasteiger charge is 2.18. The molecule has 2 heterocycles. The average Bonchev–Trinajstić information content (AvgIpc) is 3.56. The first-order valence-corrected chi connectivity index (χ1v) is 10.5. The summed E-state index contributed by atoms with van der Waals surface area (Å²) in [6.07, 6.45) is 4.01. The van der Waals surface area contributed by atoms with E-state index in [0.717, 1.165) is 22.4 Å². The van der Waals surface area contributed by atoms with Crippen LogP contribution in [-0.2, 0) is 6.61 Å². The number of aryl methyl sites for hydroxylation is 2. The van der Waals surface area contributed by atoms with Crippen molar-refractivity contribution >= 4 is 0 Å². The van der Waals surface area contributed by atoms with Crippen LogP contribution in [0.25, 0.3) is 0 Å². The monoisotopic (exact) mass is 416 g/mol. The number of aromatic nitrogens is 2. The van der Waals surface area contributed by atoms with Crippen molar-refractivity contribution in [1.29, 1.82) is 0 Å². The van der Waals surface area contributed by atoms with Crippen molar-refractivity contribution in [1.82, 2.24) is 9.55 Å². The fraction of sp³-hybridized carbons (Fsp3) is 0.308. The molecule has 1 aromatic carbocycles. The summed E-state index contributed by atoms with van der Waals surface area (Å²) in [5.41, 5.74) is 3.58. The lowest BCUT2D eigenvalue weighted by Crippen LogP contribution is -2.25. The first-order chi connectivity index (χ1) is 14.9. The zero-order chi connectivity index (χ0) is 22.0. The predicted octanol–water partition coefficient (Wildman–Crippen LogP) is 4.95. The quantitative estimate of drug-likeness (QED) is 0.553. The van der Waals surface area contributed by atoms with Gasteiger partial charge in [-0.15, -0.1) is 0 Å². The van der Waals surface area contributed by atoms with E-state index in [1.165, 1.54) is 25.0 Å². The van der Waals surface area contributed by atoms with Crippen LogP contribution in [0.4, 0.5) is 4.39 Å². The summed E-state index contributed by atoms with van der Waals surface area (Å²) < 4.78 is 21.3. The van der Waals surface area contributed by atoms with Gasteiger partial charge >= 0.3 is 0 Å². The fourth-order valence-electron chi connectivity index (χ4n) is 3.49. The maximum absolute atomic E-state index is 14.0. The molecule has 0 saturated heterocycles. The summed E-state index contributed by atoms with van der Waals surface area (Å²) in [6, 6.07) is 12.5. The molecule has 158 valence electrons. The summed E-state index contributed by atoms with van der Waals surface area (Å²) in [5.74, 6) is 7.03. The molecule has 0 spiro atoms. The molecule has 0 radical (unpaired) electrons. The predicted molar refractivity (Wildman–Crippen MR) is 119 cm³/mol. The number of hydrogen-bond donors (Lipinski definition) is 0. The second kappa shape index (κ2) is 8.77. The maximum atomic E-state index is 14.0. The van der Waals surface area contributed by atoms with Gasteiger partial charge in [-0.2, -0.15) is 0 Å². The summed E-state index contributed by atoms with van der Waals surface area (Å²) >= 11 is 0. The van der Waals surface area contributed by atoms with Crippen molar-refractivity contribution in [3.8, 4) is 17.6 Å². The van der Waals surface area contributed by atoms with Gasteiger partial charge in [0.15, 0.2) is 0 Å². The van der Waals surface area contributed by atoms with Gasteiger partial charge in [0.25, 0.3) is 5.56 Å². The number of nitrogens with zero attached hydrogens (tertiary/aromatic N) is 2. The van der Waals surface area contributed by atoms with Crippen molar-refractivity contribution < 1.29 is 9.13 Å². The number of hydrogen-bond acceptors (Lipinski definition) is 3. The Bertz CT molecular complexity index is 1210. The van der Waals surface area contributed by atoms with Gasteiger partial charge in [-0.3, -0.25) is 9.78 Å². The molecule has 1 atom stereocenters. The largest absolute Gasteiger partial charge is 0.487 e. The third-order valence-corrected chi connectivity index (χ3v) is 5.44. The Balaban J connectivity index is 1.49. The molecule has 4 rings (SSSR count). The van der Waals surface area contributed by atoms with Gasteiger partial charge in [0.2, 0.25) is 0 Å². The molecular weight excluding hydrogens is 391 g/mol. The van der Waals surface area contributed by atoms with Gasteiger partial charge in [0.05, 0.1) is 6.04 Å². The number of pyridine rings is 2. The molecule has 1 fully saturated rings. The Morgan fingerprint density at radius 1 is 1.19 bits per heavy atom. The standard InChI is InChI=1S/C26H25FN2O2/c1-17-12-24(27)25(28-15-17)16-31-23-13-18(2)29(26(30)14-23)19(3)22-10-8-21(9-11-22)7-6-20-4-5-20/h8-15,19-20H,4-5,16H2,1-3H3/t19-/m1/s1. The van der Waals surface area contributed by atoms with E-state index in [2.05, 4.69) is 16.8 Å². The van der Waals surface area contributed by atoms with Crippen LogP contribution in [0.3, 0.4) is 0 Å². The zero-order valence-electron chi connectivity index (χ0n) is 18.0. The van der Waals surface area contributed by atoms with Gasteiger partial charge in [-0.05, 0) is 69.0 Å². The smallest absolute Gasteiger partial charge is 0.254 e. The summed E-state index contributed by atoms with van der Waals surface area (Å²) in [7, 11) is 0. The molecule has 1 saturated carbocycles. The normalized spacial score (nSPS) is 13.9. The molecule has 3 aromatic rings. The average molecular weight is 416 g/mol. The van der Waals surface area contributed by atoms with Crippen molar-refractivity contribution in [2.24, 2.45) is 5.92 Å². The van der Waals surface area contributed by atoms with Crippen LogP contribution in [-0.4, -0.2) is 9.55 Å². The molecule has 1 aliphatic rings. The zero-order valence-corrected chi connectivity index (χ0v) is 18.0. The van der Waals surface area contributed by atoms with Crippen LogP contribution in [0.5, 0.6) is 5.75 Å². The Morgan fingerprint density at radius 3 is 2.58 bits per heavy atom. The summed E-state index contributed by atoms with van der Waals surface area (Å²) in [4.78, 5) is 16.9. The fourth-order valence-corrected chi connectivity index (χ4v) is 3.49. The SMILES string of the molecule is Cc1cnc(COc2cc(C)n([C@H](C)c3ccc(C#CC4CC4)cc3)c(=O)c2)c(F)c1. The molecule has 0 unspecified atom stereocenters. The van der Waals surface area contributed by atoms with Gasteiger partial charge in [0, 0.05) is 29.4 Å². The number of ether oxygens (including phenoxy) is 1. The molecule has 0 bridgehead atoms. The minimum atomic E-state index is -0.413. The first-order valence-electron chi connectivity index (χ1n) is 10.5. The molecule has 0 aliphatic heterocycles. The highest BCUT2D eigenvalue weighted by atomic mass is 19.1. The third kappa shape index (κ3) is 5.03. The van der Waals surface area contributed by atoms with Crippen LogP contribution in [0.15, 0.2) is 53.5 Å². The van der Waals surface area contributed by atoms with Gasteiger partial charge in [-0.1, -0.05) is 24.0 Å². The number of rotatable bonds is 5. The lowest BCUT2D eigenvalue weighted by atomic mass is 10.1. The lowest BCUT2D eigenvalue weighted by molar-refractivity contribution is 0.292. The first kappa shape index (κ1) is 20.9. The maximum Gasteiger partial charge on any atom is 0.254 e. The minimum absolute atomic E-state index is 0.0338. The molecule has 5 heteroatoms. The van der Waals surface area contributed by atoms with E-state index in [0.29, 0.717) is 11.7 Å². The van der Waals surface area contributed by atoms with E-state index in [4.69, 9.17) is 4.74 Å². The van der Waals surface area contributed by atoms with Crippen LogP contribution in [0.2, 0.25) is 0 Å². The molecule has 31 heavy (non-hydrogen) atoms. The van der Waals surface area contributed by atoms with E-state index in [-0.39, 0.29) is 23.9 Å². The molecule has 2 aromatic heterocycles. The third-order valence-electron chi connectivity index (χ3n) is 5.44. The Hall–Kier alpha value is -3.39. The van der Waals surface area contributed by atoms with Crippen molar-refractivity contribution in [3.05, 3.63) is 92.9 Å². The molecule has 0 amide bonds. The highest BCUT2D eigenvalue weighted by Crippen LogP contribution is 2.27. The van der Waals surface area contributed by atoms with Crippen LogP contribution >= 0.6 is 0 Å². The highest BCUT2D eigenvalue weighted by molar-refractivity contribution is 5.38. The molecule has 4 nitrogen and oxygen atoms in total. The Morgan fingerprint density at radius 2 is 1.94 bits per heavy atom. The van der Waals surface area contributed by atoms with Gasteiger partial charge in [-0.25, -0.2) is 4.39 Å². The lowest BCUT2D eigenvalue weighted by Gasteiger charge is -2.19. The summed E-state index contributed by atoms with van der Waals surface area (Å²) in [6.45, 7) is 5.60. The second-order valence-corrected chi connectivity index (χ2v) is 8.11. The topological polar surface area (TPSA) is 44.1 Å². The van der Waals surface area contributed by atoms with Crippen molar-refractivity contribution in [3.63, 3.8) is 0 Å². The van der Waals surface area contributed by atoms with Gasteiger partial charge < -0.3 is 9.30 Å². The van der Waals surface area contributed by atoms with E-state index in [1.54, 1.807) is 23.8 Å². The number of halogens is 1. The van der Waals surface area contributed by atoms with Crippen molar-refractivity contribution in [2.45, 2.75) is 46.3 Å². The van der Waals surface area contributed by atoms with Crippen LogP contribution in [0, 0.1) is 37.4 Å². The van der Waals surface area contributed by atoms with E-state index in [9.17, 15) is 9.18 Å². The van der Waals surface area contributed by atoms with E-state index >= 15 is 0 Å². The van der Waals surface area contributed by atoms with Crippen molar-refractivity contribution in [2.75, 3.05) is 0 Å². The Kier molecular flexibility index (Phi) is 5.90. The number of benzene rings is 1. The summed E-state index contributed by atoms with van der Waals surface area (Å²) in [5, 5.41) is 0. The van der Waals surface area contributed by atoms with Gasteiger partial charge in [0.1, 0.15) is 23.9 Å². The molecule has 1 aliphatic carbocycles. The second-order valence-electron chi connectivity index (χ2n) is 8.11.